The van der Waals surface area contributed by atoms with Crippen LogP contribution >= 0.6 is 0 Å². The molecule has 4 nitrogen and oxygen atoms in total. The van der Waals surface area contributed by atoms with Gasteiger partial charge >= 0.3 is 0 Å². The maximum Gasteiger partial charge on any atom is 0.173 e. The van der Waals surface area contributed by atoms with Gasteiger partial charge in [-0.1, -0.05) is 129 Å². The molecule has 0 aliphatic heterocycles. The van der Waals surface area contributed by atoms with Crippen LogP contribution in [0.3, 0.4) is 0 Å². The highest BCUT2D eigenvalue weighted by Crippen LogP contribution is 2.35. The fraction of sp³-hybridized carbons (Fsp3) is 0.163. The summed E-state index contributed by atoms with van der Waals surface area (Å²) in [6.07, 6.45) is 3.93. The van der Waals surface area contributed by atoms with E-state index in [0.29, 0.717) is 0 Å². The Kier molecular flexibility index (Phi) is 11.5. The number of nitrogens with two attached hydrogens (primary N) is 1. The van der Waals surface area contributed by atoms with E-state index in [1.54, 1.807) is 6.20 Å². The number of allylic oxidation sites excluding steroid dienone is 1. The van der Waals surface area contributed by atoms with Gasteiger partial charge in [0.1, 0.15) is 11.1 Å². The zero-order chi connectivity index (χ0) is 37.5. The monoisotopic (exact) mass is 695 g/mol. The molecule has 266 valence electrons. The SMILES string of the molecule is C=C(C)Cc1cc(-c2cccc(-c3cccc(-c4cccc(-c5cccc(-c6ccc7oc8cnn(C)c8c7c6)c5)c4)c3)c2)ccc1C.CCC.CN. The Morgan fingerprint density at radius 3 is 1.43 bits per heavy atom. The third-order valence-electron chi connectivity index (χ3n) is 9.32. The molecule has 8 rings (SSSR count). The lowest BCUT2D eigenvalue weighted by Gasteiger charge is -2.12. The minimum absolute atomic E-state index is 0.811. The van der Waals surface area contributed by atoms with Crippen molar-refractivity contribution >= 4 is 22.1 Å². The van der Waals surface area contributed by atoms with Crippen LogP contribution < -0.4 is 5.73 Å². The molecule has 0 bridgehead atoms. The first-order valence-electron chi connectivity index (χ1n) is 18.4. The third-order valence-corrected chi connectivity index (χ3v) is 9.32. The number of fused-ring (bicyclic) bond motifs is 3. The van der Waals surface area contributed by atoms with Gasteiger partial charge in [0, 0.05) is 12.4 Å². The number of hydrogen-bond acceptors (Lipinski definition) is 3. The molecule has 4 heteroatoms. The Morgan fingerprint density at radius 1 is 0.604 bits per heavy atom. The van der Waals surface area contributed by atoms with E-state index in [2.05, 4.69) is 179 Å². The van der Waals surface area contributed by atoms with Crippen molar-refractivity contribution in [1.29, 1.82) is 0 Å². The van der Waals surface area contributed by atoms with Crippen LogP contribution in [0.5, 0.6) is 0 Å². The van der Waals surface area contributed by atoms with Crippen molar-refractivity contribution in [3.63, 3.8) is 0 Å². The number of furan rings is 1. The second kappa shape index (κ2) is 16.6. The van der Waals surface area contributed by atoms with E-state index < -0.39 is 0 Å². The molecule has 0 spiro atoms. The highest BCUT2D eigenvalue weighted by atomic mass is 16.3. The lowest BCUT2D eigenvalue weighted by atomic mass is 9.93. The van der Waals surface area contributed by atoms with E-state index in [1.807, 2.05) is 11.7 Å². The zero-order valence-electron chi connectivity index (χ0n) is 31.8. The van der Waals surface area contributed by atoms with Crippen LogP contribution in [0.1, 0.15) is 38.3 Å². The molecule has 0 aliphatic rings. The number of nitrogens with zero attached hydrogens (tertiary/aromatic N) is 2. The normalized spacial score (nSPS) is 10.8. The summed E-state index contributed by atoms with van der Waals surface area (Å²) < 4.78 is 7.89. The summed E-state index contributed by atoms with van der Waals surface area (Å²) in [6.45, 7) is 12.7. The molecule has 2 N–H and O–H groups in total. The van der Waals surface area contributed by atoms with Crippen LogP contribution in [-0.2, 0) is 13.5 Å². The van der Waals surface area contributed by atoms with Gasteiger partial charge in [0.05, 0.1) is 6.20 Å². The second-order valence-corrected chi connectivity index (χ2v) is 13.6. The number of rotatable bonds is 7. The number of aromatic nitrogens is 2. The van der Waals surface area contributed by atoms with Gasteiger partial charge in [0.25, 0.3) is 0 Å². The van der Waals surface area contributed by atoms with E-state index in [1.165, 1.54) is 80.2 Å². The summed E-state index contributed by atoms with van der Waals surface area (Å²) >= 11 is 0. The maximum absolute atomic E-state index is 6.01. The Hall–Kier alpha value is -5.97. The summed E-state index contributed by atoms with van der Waals surface area (Å²) in [5.41, 5.74) is 23.0. The van der Waals surface area contributed by atoms with Crippen molar-refractivity contribution in [2.75, 3.05) is 7.05 Å². The molecular weight excluding hydrogens is 647 g/mol. The highest BCUT2D eigenvalue weighted by molar-refractivity contribution is 6.04. The fourth-order valence-corrected chi connectivity index (χ4v) is 6.78. The van der Waals surface area contributed by atoms with Crippen molar-refractivity contribution in [3.05, 3.63) is 163 Å². The van der Waals surface area contributed by atoms with Crippen LogP contribution in [0.4, 0.5) is 0 Å². The topological polar surface area (TPSA) is 57.0 Å². The minimum Gasteiger partial charge on any atom is -0.453 e. The Bertz CT molecular complexity index is 2510. The molecule has 0 saturated carbocycles. The predicted octanol–water partition coefficient (Wildman–Crippen LogP) is 13.1. The van der Waals surface area contributed by atoms with Gasteiger partial charge in [0.15, 0.2) is 5.58 Å². The molecule has 0 unspecified atom stereocenters. The Morgan fingerprint density at radius 2 is 1.00 bits per heavy atom. The van der Waals surface area contributed by atoms with E-state index in [4.69, 9.17) is 4.42 Å². The standard InChI is InChI=1S/C45H36N2O.C3H8.CH5N/c1-29(2)21-41-26-39(18-17-30(41)3)37-15-7-13-35(24-37)33-11-5-9-31(22-33)32-10-6-12-34(23-32)36-14-8-16-38(25-36)40-19-20-43-42(27-40)45-44(48-43)28-46-47(45)4;1-3-2;1-2/h5-20,22-28H,1,21H2,2-4H3;3H2,1-2H3;2H2,1H3. The quantitative estimate of drug-likeness (QED) is 0.169. The van der Waals surface area contributed by atoms with Gasteiger partial charge in [-0.25, -0.2) is 0 Å². The van der Waals surface area contributed by atoms with Crippen LogP contribution in [0, 0.1) is 6.92 Å². The average Bonchev–Trinajstić information content (AvgIpc) is 3.75. The molecule has 6 aromatic carbocycles. The largest absolute Gasteiger partial charge is 0.453 e. The number of aryl methyl sites for hydroxylation is 2. The van der Waals surface area contributed by atoms with Gasteiger partial charge in [-0.2, -0.15) is 5.10 Å². The lowest BCUT2D eigenvalue weighted by Crippen LogP contribution is -1.92. The first-order valence-corrected chi connectivity index (χ1v) is 18.4. The molecule has 0 radical (unpaired) electrons. The van der Waals surface area contributed by atoms with Crippen molar-refractivity contribution in [3.8, 4) is 55.6 Å². The molecule has 8 aromatic rings. The zero-order valence-corrected chi connectivity index (χ0v) is 31.8. The van der Waals surface area contributed by atoms with Gasteiger partial charge < -0.3 is 10.2 Å². The summed E-state index contributed by atoms with van der Waals surface area (Å²) in [7, 11) is 3.45. The fourth-order valence-electron chi connectivity index (χ4n) is 6.78. The van der Waals surface area contributed by atoms with Gasteiger partial charge in [-0.05, 0) is 130 Å². The van der Waals surface area contributed by atoms with E-state index in [0.717, 1.165) is 34.1 Å². The molecule has 2 aromatic heterocycles. The van der Waals surface area contributed by atoms with Crippen LogP contribution in [-0.4, -0.2) is 16.8 Å². The Balaban J connectivity index is 0.000000916. The van der Waals surface area contributed by atoms with E-state index in [-0.39, 0.29) is 0 Å². The van der Waals surface area contributed by atoms with Crippen LogP contribution in [0.2, 0.25) is 0 Å². The molecule has 0 atom stereocenters. The Labute approximate surface area is 314 Å². The molecular formula is C49H49N3O. The molecule has 0 amide bonds. The second-order valence-electron chi connectivity index (χ2n) is 13.6. The van der Waals surface area contributed by atoms with E-state index in [9.17, 15) is 0 Å². The summed E-state index contributed by atoms with van der Waals surface area (Å²) in [6, 6.07) is 48.5. The van der Waals surface area contributed by atoms with Crippen molar-refractivity contribution in [2.45, 2.75) is 40.5 Å². The molecule has 0 fully saturated rings. The third kappa shape index (κ3) is 8.09. The molecule has 53 heavy (non-hydrogen) atoms. The van der Waals surface area contributed by atoms with Crippen LogP contribution in [0.15, 0.2) is 156 Å². The predicted molar refractivity (Wildman–Crippen MR) is 227 cm³/mol. The van der Waals surface area contributed by atoms with E-state index >= 15 is 0 Å². The number of hydrogen-bond donors (Lipinski definition) is 1. The van der Waals surface area contributed by atoms with Crippen molar-refractivity contribution in [2.24, 2.45) is 12.8 Å². The van der Waals surface area contributed by atoms with Gasteiger partial charge in [0.2, 0.25) is 0 Å². The molecule has 0 saturated heterocycles. The summed E-state index contributed by atoms with van der Waals surface area (Å²) in [4.78, 5) is 0. The molecule has 0 aliphatic carbocycles. The van der Waals surface area contributed by atoms with Crippen molar-refractivity contribution in [1.82, 2.24) is 9.78 Å². The molecule has 2 heterocycles. The van der Waals surface area contributed by atoms with Crippen LogP contribution in [0.25, 0.3) is 77.7 Å². The van der Waals surface area contributed by atoms with Gasteiger partial charge in [-0.3, -0.25) is 4.68 Å². The first-order chi connectivity index (χ1) is 25.8. The first kappa shape index (κ1) is 36.8. The van der Waals surface area contributed by atoms with Crippen molar-refractivity contribution < 1.29 is 4.42 Å². The van der Waals surface area contributed by atoms with Gasteiger partial charge in [-0.15, -0.1) is 0 Å². The average molecular weight is 696 g/mol. The summed E-state index contributed by atoms with van der Waals surface area (Å²) in [5.74, 6) is 0. The smallest absolute Gasteiger partial charge is 0.173 e. The maximum atomic E-state index is 6.01. The number of benzene rings is 6. The highest BCUT2D eigenvalue weighted by Gasteiger charge is 2.13. The lowest BCUT2D eigenvalue weighted by molar-refractivity contribution is 0.668. The summed E-state index contributed by atoms with van der Waals surface area (Å²) in [5, 5.41) is 5.44. The minimum atomic E-state index is 0.811.